The van der Waals surface area contributed by atoms with Crippen molar-refractivity contribution in [2.45, 2.75) is 157 Å². The molecular formula is C30H71N2O5P. The highest BCUT2D eigenvalue weighted by atomic mass is 31.2. The number of rotatable bonds is 25. The van der Waals surface area contributed by atoms with Crippen molar-refractivity contribution in [2.24, 2.45) is 5.92 Å². The van der Waals surface area contributed by atoms with Crippen LogP contribution in [0.25, 0.3) is 0 Å². The number of unbranched alkanes of at least 4 members (excludes halogenated alkanes) is 7. The van der Waals surface area contributed by atoms with Gasteiger partial charge in [-0.3, -0.25) is 0 Å². The normalized spacial score (nSPS) is 12.6. The number of hydrogen-bond acceptors (Lipinski definition) is 5. The smallest absolute Gasteiger partial charge is 0.324 e. The minimum absolute atomic E-state index is 0. The van der Waals surface area contributed by atoms with Gasteiger partial charge < -0.3 is 35.4 Å². The summed E-state index contributed by atoms with van der Waals surface area (Å²) < 4.78 is 0. The van der Waals surface area contributed by atoms with Crippen molar-refractivity contribution < 1.29 is 25.6 Å². The van der Waals surface area contributed by atoms with Crippen molar-refractivity contribution in [1.29, 1.82) is 0 Å². The first-order valence-corrected chi connectivity index (χ1v) is 16.9. The van der Waals surface area contributed by atoms with Gasteiger partial charge in [0.05, 0.1) is 0 Å². The lowest BCUT2D eigenvalue weighted by Gasteiger charge is -2.32. The molecule has 236 valence electrons. The standard InChI is InChI=1S/C30H64N2.H3O3P.2H2O/c1-7-13-24-31(25-14-8-2)28-29(12-6)22-19-17-18-20-23-30(21-11-5)32(26-15-9-3)27-16-10-4;1-4(2)3;;/h29-30H,7-28H2,1-6H3;1-3H;2*1H2. The van der Waals surface area contributed by atoms with Crippen LogP contribution in [-0.2, 0) is 0 Å². The molecule has 2 unspecified atom stereocenters. The Morgan fingerprint density at radius 1 is 0.526 bits per heavy atom. The maximum absolute atomic E-state index is 7.23. The maximum Gasteiger partial charge on any atom is 0.324 e. The van der Waals surface area contributed by atoms with Gasteiger partial charge in [0.1, 0.15) is 0 Å². The molecule has 0 aromatic rings. The molecule has 0 aliphatic heterocycles. The summed E-state index contributed by atoms with van der Waals surface area (Å²) in [7, 11) is -2.62. The van der Waals surface area contributed by atoms with Crippen molar-refractivity contribution in [3.8, 4) is 0 Å². The Morgan fingerprint density at radius 3 is 1.34 bits per heavy atom. The SMILES string of the molecule is CCCCN(CCCC)CC(CC)CCCCCCC(CCC)N(CCCC)CCCC.O.O.OP(O)O. The molecule has 0 fully saturated rings. The van der Waals surface area contributed by atoms with Crippen LogP contribution in [0.15, 0.2) is 0 Å². The third-order valence-corrected chi connectivity index (χ3v) is 7.39. The molecule has 0 heterocycles. The molecule has 38 heavy (non-hydrogen) atoms. The van der Waals surface area contributed by atoms with E-state index in [2.05, 4.69) is 51.3 Å². The zero-order chi connectivity index (χ0) is 27.4. The van der Waals surface area contributed by atoms with Crippen LogP contribution in [0.1, 0.15) is 151 Å². The molecule has 0 aromatic carbocycles. The minimum Gasteiger partial charge on any atom is -0.412 e. The lowest BCUT2D eigenvalue weighted by molar-refractivity contribution is 0.167. The van der Waals surface area contributed by atoms with Gasteiger partial charge >= 0.3 is 8.60 Å². The van der Waals surface area contributed by atoms with E-state index in [-0.39, 0.29) is 11.0 Å². The van der Waals surface area contributed by atoms with E-state index in [0.717, 1.165) is 12.0 Å². The van der Waals surface area contributed by atoms with Crippen LogP contribution in [0.4, 0.5) is 0 Å². The molecule has 7 N–H and O–H groups in total. The molecule has 0 bridgehead atoms. The lowest BCUT2D eigenvalue weighted by atomic mass is 9.96. The second kappa shape index (κ2) is 35.2. The highest BCUT2D eigenvalue weighted by Gasteiger charge is 2.17. The van der Waals surface area contributed by atoms with Crippen LogP contribution in [0.3, 0.4) is 0 Å². The molecule has 0 aromatic heterocycles. The van der Waals surface area contributed by atoms with Gasteiger partial charge in [0, 0.05) is 12.6 Å². The highest BCUT2D eigenvalue weighted by molar-refractivity contribution is 7.38. The molecule has 0 aliphatic carbocycles. The maximum atomic E-state index is 7.23. The Labute approximate surface area is 239 Å². The van der Waals surface area contributed by atoms with E-state index >= 15 is 0 Å². The molecule has 2 atom stereocenters. The quantitative estimate of drug-likeness (QED) is 0.0814. The molecule has 0 saturated heterocycles. The predicted octanol–water partition coefficient (Wildman–Crippen LogP) is 6.87. The van der Waals surface area contributed by atoms with E-state index in [4.69, 9.17) is 14.7 Å². The summed E-state index contributed by atoms with van der Waals surface area (Å²) in [5, 5.41) is 0. The van der Waals surface area contributed by atoms with Crippen molar-refractivity contribution in [3.05, 3.63) is 0 Å². The van der Waals surface area contributed by atoms with Crippen LogP contribution in [-0.4, -0.2) is 74.2 Å². The van der Waals surface area contributed by atoms with Gasteiger partial charge in [0.25, 0.3) is 0 Å². The van der Waals surface area contributed by atoms with Crippen molar-refractivity contribution >= 4 is 8.60 Å². The average Bonchev–Trinajstić information content (AvgIpc) is 2.85. The third-order valence-electron chi connectivity index (χ3n) is 7.39. The zero-order valence-electron chi connectivity index (χ0n) is 26.4. The zero-order valence-corrected chi connectivity index (χ0v) is 27.3. The highest BCUT2D eigenvalue weighted by Crippen LogP contribution is 2.20. The summed E-state index contributed by atoms with van der Waals surface area (Å²) in [5.74, 6) is 0.912. The molecule has 0 saturated carbocycles. The van der Waals surface area contributed by atoms with Gasteiger partial charge in [0.15, 0.2) is 0 Å². The van der Waals surface area contributed by atoms with E-state index in [1.165, 1.54) is 142 Å². The second-order valence-electron chi connectivity index (χ2n) is 10.7. The van der Waals surface area contributed by atoms with E-state index in [1.54, 1.807) is 0 Å². The first-order chi connectivity index (χ1) is 17.4. The lowest BCUT2D eigenvalue weighted by Crippen LogP contribution is -2.37. The van der Waals surface area contributed by atoms with Crippen LogP contribution in [0, 0.1) is 5.92 Å². The summed E-state index contributed by atoms with van der Waals surface area (Å²) in [6, 6.07) is 0.840. The van der Waals surface area contributed by atoms with Gasteiger partial charge in [-0.1, -0.05) is 106 Å². The molecule has 0 radical (unpaired) electrons. The van der Waals surface area contributed by atoms with Crippen LogP contribution >= 0.6 is 8.60 Å². The fourth-order valence-corrected chi connectivity index (χ4v) is 5.06. The van der Waals surface area contributed by atoms with Crippen LogP contribution < -0.4 is 0 Å². The van der Waals surface area contributed by atoms with Gasteiger partial charge in [-0.05, 0) is 77.0 Å². The molecule has 0 amide bonds. The second-order valence-corrected chi connectivity index (χ2v) is 11.3. The van der Waals surface area contributed by atoms with E-state index in [9.17, 15) is 0 Å². The summed E-state index contributed by atoms with van der Waals surface area (Å²) in [4.78, 5) is 27.3. The summed E-state index contributed by atoms with van der Waals surface area (Å²) in [5.41, 5.74) is 0. The van der Waals surface area contributed by atoms with Gasteiger partial charge in [-0.25, -0.2) is 0 Å². The van der Waals surface area contributed by atoms with E-state index in [1.807, 2.05) is 0 Å². The van der Waals surface area contributed by atoms with Crippen molar-refractivity contribution in [1.82, 2.24) is 9.80 Å². The first-order valence-electron chi connectivity index (χ1n) is 15.7. The summed E-state index contributed by atoms with van der Waals surface area (Å²) >= 11 is 0. The monoisotopic (exact) mass is 571 g/mol. The number of nitrogens with zero attached hydrogens (tertiary/aromatic N) is 2. The number of hydrogen-bond donors (Lipinski definition) is 3. The van der Waals surface area contributed by atoms with Gasteiger partial charge in [0.2, 0.25) is 0 Å². The van der Waals surface area contributed by atoms with Gasteiger partial charge in [-0.15, -0.1) is 0 Å². The predicted molar refractivity (Wildman–Crippen MR) is 169 cm³/mol. The minimum atomic E-state index is -2.62. The fourth-order valence-electron chi connectivity index (χ4n) is 5.06. The van der Waals surface area contributed by atoms with Crippen molar-refractivity contribution in [3.63, 3.8) is 0 Å². The Kier molecular flexibility index (Phi) is 41.8. The third kappa shape index (κ3) is 30.7. The Morgan fingerprint density at radius 2 is 0.947 bits per heavy atom. The molecular weight excluding hydrogens is 499 g/mol. The Hall–Kier alpha value is 0.150. The molecule has 0 rings (SSSR count). The summed E-state index contributed by atoms with van der Waals surface area (Å²) in [6.07, 6.45) is 23.5. The Bertz CT molecular complexity index is 403. The molecule has 7 nitrogen and oxygen atoms in total. The molecule has 0 aliphatic rings. The summed E-state index contributed by atoms with van der Waals surface area (Å²) in [6.45, 7) is 20.7. The van der Waals surface area contributed by atoms with Crippen LogP contribution in [0.2, 0.25) is 0 Å². The van der Waals surface area contributed by atoms with Gasteiger partial charge in [-0.2, -0.15) is 0 Å². The molecule has 8 heteroatoms. The largest absolute Gasteiger partial charge is 0.412 e. The van der Waals surface area contributed by atoms with E-state index in [0.29, 0.717) is 0 Å². The van der Waals surface area contributed by atoms with Crippen LogP contribution in [0.5, 0.6) is 0 Å². The molecule has 0 spiro atoms. The van der Waals surface area contributed by atoms with Crippen molar-refractivity contribution in [2.75, 3.05) is 32.7 Å². The average molecular weight is 571 g/mol. The fraction of sp³-hybridized carbons (Fsp3) is 1.00. The Balaban J connectivity index is -0.000000893. The van der Waals surface area contributed by atoms with E-state index < -0.39 is 8.60 Å². The topological polar surface area (TPSA) is 130 Å². The first kappa shape index (κ1) is 45.1.